The Balaban J connectivity index is 2.76. The topological polar surface area (TPSA) is 39.7 Å². The van der Waals surface area contributed by atoms with E-state index in [1.54, 1.807) is 14.2 Å². The molecule has 0 aliphatic rings. The summed E-state index contributed by atoms with van der Waals surface area (Å²) in [5.41, 5.74) is 0.999. The van der Waals surface area contributed by atoms with Crippen LogP contribution in [0.4, 0.5) is 5.69 Å². The van der Waals surface area contributed by atoms with Crippen LogP contribution in [0, 0.1) is 0 Å². The smallest absolute Gasteiger partial charge is 0.163 e. The highest BCUT2D eigenvalue weighted by atomic mass is 16.5. The van der Waals surface area contributed by atoms with Crippen molar-refractivity contribution in [2.75, 3.05) is 32.8 Å². The van der Waals surface area contributed by atoms with E-state index in [0.29, 0.717) is 13.2 Å². The zero-order valence-corrected chi connectivity index (χ0v) is 10.9. The van der Waals surface area contributed by atoms with Gasteiger partial charge in [0.05, 0.1) is 20.3 Å². The molecular formula is C13H21NO3. The third-order valence-corrected chi connectivity index (χ3v) is 2.29. The highest BCUT2D eigenvalue weighted by molar-refractivity contribution is 5.55. The molecule has 0 aromatic heterocycles. The second-order valence-electron chi connectivity index (χ2n) is 3.80. The summed E-state index contributed by atoms with van der Waals surface area (Å²) in [5.74, 6) is 1.50. The molecule has 0 bridgehead atoms. The van der Waals surface area contributed by atoms with E-state index in [-0.39, 0.29) is 6.04 Å². The van der Waals surface area contributed by atoms with Gasteiger partial charge in [-0.1, -0.05) is 0 Å². The first kappa shape index (κ1) is 13.6. The van der Waals surface area contributed by atoms with E-state index in [1.165, 1.54) is 0 Å². The molecule has 0 heterocycles. The van der Waals surface area contributed by atoms with Crippen molar-refractivity contribution in [3.8, 4) is 11.5 Å². The third-order valence-electron chi connectivity index (χ3n) is 2.29. The molecule has 4 nitrogen and oxygen atoms in total. The van der Waals surface area contributed by atoms with Crippen LogP contribution in [-0.4, -0.2) is 33.5 Å². The summed E-state index contributed by atoms with van der Waals surface area (Å²) in [6, 6.07) is 6.05. The molecule has 0 amide bonds. The van der Waals surface area contributed by atoms with Crippen LogP contribution in [0.1, 0.15) is 13.8 Å². The number of nitrogens with one attached hydrogen (secondary N) is 1. The lowest BCUT2D eigenvalue weighted by Crippen LogP contribution is -2.20. The zero-order valence-electron chi connectivity index (χ0n) is 10.9. The summed E-state index contributed by atoms with van der Waals surface area (Å²) in [5, 5.41) is 3.33. The van der Waals surface area contributed by atoms with Gasteiger partial charge in [-0.3, -0.25) is 0 Å². The van der Waals surface area contributed by atoms with E-state index in [2.05, 4.69) is 12.2 Å². The fourth-order valence-electron chi connectivity index (χ4n) is 1.61. The number of anilines is 1. The molecule has 0 radical (unpaired) electrons. The molecule has 1 aromatic rings. The summed E-state index contributed by atoms with van der Waals surface area (Å²) in [6.07, 6.45) is 0. The van der Waals surface area contributed by atoms with Crippen molar-refractivity contribution in [2.24, 2.45) is 0 Å². The predicted molar refractivity (Wildman–Crippen MR) is 69.1 cm³/mol. The SMILES string of the molecule is CCOc1cc(NC(C)COC)ccc1OC. The van der Waals surface area contributed by atoms with Gasteiger partial charge in [-0.25, -0.2) is 0 Å². The van der Waals surface area contributed by atoms with E-state index in [1.807, 2.05) is 25.1 Å². The van der Waals surface area contributed by atoms with E-state index in [4.69, 9.17) is 14.2 Å². The van der Waals surface area contributed by atoms with Gasteiger partial charge in [0.25, 0.3) is 0 Å². The fourth-order valence-corrected chi connectivity index (χ4v) is 1.61. The van der Waals surface area contributed by atoms with Crippen molar-refractivity contribution in [3.63, 3.8) is 0 Å². The second-order valence-corrected chi connectivity index (χ2v) is 3.80. The maximum atomic E-state index is 5.51. The molecule has 96 valence electrons. The minimum Gasteiger partial charge on any atom is -0.493 e. The van der Waals surface area contributed by atoms with Gasteiger partial charge in [0.1, 0.15) is 0 Å². The van der Waals surface area contributed by atoms with E-state index < -0.39 is 0 Å². The van der Waals surface area contributed by atoms with Gasteiger partial charge in [0.15, 0.2) is 11.5 Å². The molecule has 4 heteroatoms. The molecule has 17 heavy (non-hydrogen) atoms. The lowest BCUT2D eigenvalue weighted by Gasteiger charge is -2.16. The highest BCUT2D eigenvalue weighted by Gasteiger charge is 2.07. The molecule has 0 aliphatic carbocycles. The Morgan fingerprint density at radius 3 is 2.59 bits per heavy atom. The van der Waals surface area contributed by atoms with E-state index >= 15 is 0 Å². The summed E-state index contributed by atoms with van der Waals surface area (Å²) in [7, 11) is 3.33. The number of rotatable bonds is 7. The second kappa shape index (κ2) is 7.01. The van der Waals surface area contributed by atoms with Gasteiger partial charge < -0.3 is 19.5 Å². The number of ether oxygens (including phenoxy) is 3. The van der Waals surface area contributed by atoms with Crippen molar-refractivity contribution in [1.82, 2.24) is 0 Å². The molecule has 0 saturated carbocycles. The Morgan fingerprint density at radius 2 is 2.00 bits per heavy atom. The van der Waals surface area contributed by atoms with Crippen LogP contribution < -0.4 is 14.8 Å². The van der Waals surface area contributed by atoms with Crippen LogP contribution in [0.2, 0.25) is 0 Å². The molecule has 1 N–H and O–H groups in total. The van der Waals surface area contributed by atoms with Gasteiger partial charge in [0, 0.05) is 24.9 Å². The van der Waals surface area contributed by atoms with Crippen LogP contribution in [0.15, 0.2) is 18.2 Å². The van der Waals surface area contributed by atoms with Crippen LogP contribution >= 0.6 is 0 Å². The molecular weight excluding hydrogens is 218 g/mol. The lowest BCUT2D eigenvalue weighted by molar-refractivity contribution is 0.190. The largest absolute Gasteiger partial charge is 0.493 e. The molecule has 1 atom stereocenters. The van der Waals surface area contributed by atoms with Crippen molar-refractivity contribution in [2.45, 2.75) is 19.9 Å². The summed E-state index contributed by atoms with van der Waals surface area (Å²) < 4.78 is 15.8. The molecule has 1 rings (SSSR count). The van der Waals surface area contributed by atoms with E-state index in [0.717, 1.165) is 17.2 Å². The first-order valence-corrected chi connectivity index (χ1v) is 5.77. The highest BCUT2D eigenvalue weighted by Crippen LogP contribution is 2.30. The molecule has 1 aromatic carbocycles. The number of methoxy groups -OCH3 is 2. The monoisotopic (exact) mass is 239 g/mol. The van der Waals surface area contributed by atoms with Crippen LogP contribution in [0.3, 0.4) is 0 Å². The average Bonchev–Trinajstić information content (AvgIpc) is 2.30. The van der Waals surface area contributed by atoms with Crippen molar-refractivity contribution < 1.29 is 14.2 Å². The van der Waals surface area contributed by atoms with Crippen molar-refractivity contribution in [1.29, 1.82) is 0 Å². The Kier molecular flexibility index (Phi) is 5.63. The lowest BCUT2D eigenvalue weighted by atomic mass is 10.2. The average molecular weight is 239 g/mol. The maximum absolute atomic E-state index is 5.51. The molecule has 0 fully saturated rings. The summed E-state index contributed by atoms with van der Waals surface area (Å²) >= 11 is 0. The minimum absolute atomic E-state index is 0.253. The van der Waals surface area contributed by atoms with Gasteiger partial charge >= 0.3 is 0 Å². The molecule has 0 aliphatic heterocycles. The van der Waals surface area contributed by atoms with Gasteiger partial charge in [-0.05, 0) is 26.0 Å². The maximum Gasteiger partial charge on any atom is 0.163 e. The number of hydrogen-bond acceptors (Lipinski definition) is 4. The Labute approximate surface area is 103 Å². The Morgan fingerprint density at radius 1 is 1.24 bits per heavy atom. The predicted octanol–water partition coefficient (Wildman–Crippen LogP) is 2.54. The van der Waals surface area contributed by atoms with E-state index in [9.17, 15) is 0 Å². The number of hydrogen-bond donors (Lipinski definition) is 1. The van der Waals surface area contributed by atoms with Crippen molar-refractivity contribution in [3.05, 3.63) is 18.2 Å². The Bertz CT molecular complexity index is 341. The molecule has 0 saturated heterocycles. The summed E-state index contributed by atoms with van der Waals surface area (Å²) in [6.45, 7) is 5.30. The fraction of sp³-hybridized carbons (Fsp3) is 0.538. The van der Waals surface area contributed by atoms with Crippen molar-refractivity contribution >= 4 is 5.69 Å². The van der Waals surface area contributed by atoms with Gasteiger partial charge in [0.2, 0.25) is 0 Å². The quantitative estimate of drug-likeness (QED) is 0.793. The van der Waals surface area contributed by atoms with Gasteiger partial charge in [-0.15, -0.1) is 0 Å². The standard InChI is InChI=1S/C13H21NO3/c1-5-17-13-8-11(6-7-12(13)16-4)14-10(2)9-15-3/h6-8,10,14H,5,9H2,1-4H3. The van der Waals surface area contributed by atoms with Crippen LogP contribution in [-0.2, 0) is 4.74 Å². The normalized spacial score (nSPS) is 12.0. The van der Waals surface area contributed by atoms with Gasteiger partial charge in [-0.2, -0.15) is 0 Å². The minimum atomic E-state index is 0.253. The number of benzene rings is 1. The molecule has 0 spiro atoms. The Hall–Kier alpha value is -1.42. The first-order valence-electron chi connectivity index (χ1n) is 5.77. The van der Waals surface area contributed by atoms with Crippen LogP contribution in [0.5, 0.6) is 11.5 Å². The third kappa shape index (κ3) is 4.15. The summed E-state index contributed by atoms with van der Waals surface area (Å²) in [4.78, 5) is 0. The zero-order chi connectivity index (χ0) is 12.7. The van der Waals surface area contributed by atoms with Crippen LogP contribution in [0.25, 0.3) is 0 Å². The molecule has 1 unspecified atom stereocenters. The first-order chi connectivity index (χ1) is 8.21.